The van der Waals surface area contributed by atoms with Crippen LogP contribution in [0, 0.1) is 0 Å². The van der Waals surface area contributed by atoms with Crippen LogP contribution in [-0.2, 0) is 18.9 Å². The molecule has 0 aliphatic rings. The molecule has 0 fully saturated rings. The molecule has 32 heavy (non-hydrogen) atoms. The lowest BCUT2D eigenvalue weighted by molar-refractivity contribution is -0.144. The molecule has 7 nitrogen and oxygen atoms in total. The molecular formula is C19H15F6N3O4. The molecule has 0 spiro atoms. The molecule has 2 heterocycles. The molecular weight excluding hydrogens is 448 g/mol. The largest absolute Gasteiger partial charge is 0.497 e. The van der Waals surface area contributed by atoms with Crippen LogP contribution in [0.2, 0.25) is 0 Å². The highest BCUT2D eigenvalue weighted by Gasteiger charge is 2.42. The number of aromatic nitrogens is 2. The van der Waals surface area contributed by atoms with Gasteiger partial charge in [-0.1, -0.05) is 0 Å². The Morgan fingerprint density at radius 3 is 2.16 bits per heavy atom. The smallest absolute Gasteiger partial charge is 0.435 e. The topological polar surface area (TPSA) is 78.5 Å². The first-order chi connectivity index (χ1) is 14.9. The molecule has 0 atom stereocenters. The van der Waals surface area contributed by atoms with Gasteiger partial charge in [-0.25, -0.2) is 0 Å². The predicted molar refractivity (Wildman–Crippen MR) is 97.5 cm³/mol. The number of ether oxygens (including phenoxy) is 2. The molecule has 1 amide bonds. The summed E-state index contributed by atoms with van der Waals surface area (Å²) < 4.78 is 93.2. The van der Waals surface area contributed by atoms with E-state index in [9.17, 15) is 31.1 Å². The predicted octanol–water partition coefficient (Wildman–Crippen LogP) is 4.83. The normalized spacial score (nSPS) is 12.0. The van der Waals surface area contributed by atoms with Gasteiger partial charge in [0.1, 0.15) is 23.0 Å². The van der Waals surface area contributed by atoms with E-state index in [0.29, 0.717) is 11.5 Å². The number of furan rings is 1. The van der Waals surface area contributed by atoms with E-state index in [1.807, 2.05) is 0 Å². The first kappa shape index (κ1) is 23.0. The van der Waals surface area contributed by atoms with Crippen LogP contribution < -0.4 is 14.8 Å². The number of halogens is 6. The van der Waals surface area contributed by atoms with Gasteiger partial charge in [-0.2, -0.15) is 31.4 Å². The van der Waals surface area contributed by atoms with Gasteiger partial charge in [-0.15, -0.1) is 0 Å². The van der Waals surface area contributed by atoms with Gasteiger partial charge in [-0.3, -0.25) is 9.48 Å². The maximum Gasteiger partial charge on any atom is 0.435 e. The van der Waals surface area contributed by atoms with Gasteiger partial charge >= 0.3 is 12.4 Å². The van der Waals surface area contributed by atoms with Crippen molar-refractivity contribution in [3.05, 3.63) is 59.3 Å². The Bertz CT molecular complexity index is 1090. The fourth-order valence-corrected chi connectivity index (χ4v) is 2.71. The average Bonchev–Trinajstić information content (AvgIpc) is 3.35. The van der Waals surface area contributed by atoms with Gasteiger partial charge in [0.25, 0.3) is 5.91 Å². The minimum atomic E-state index is -5.07. The maximum atomic E-state index is 13.1. The minimum Gasteiger partial charge on any atom is -0.497 e. The molecule has 3 aromatic rings. The molecule has 1 N–H and O–H groups in total. The molecule has 0 radical (unpaired) electrons. The summed E-state index contributed by atoms with van der Waals surface area (Å²) in [5.74, 6) is -0.462. The first-order valence-corrected chi connectivity index (χ1v) is 8.76. The number of benzene rings is 1. The minimum absolute atomic E-state index is 0.0905. The van der Waals surface area contributed by atoms with Crippen molar-refractivity contribution < 1.29 is 45.0 Å². The number of methoxy groups -OCH3 is 2. The number of rotatable bonds is 6. The van der Waals surface area contributed by atoms with Crippen molar-refractivity contribution >= 4 is 11.6 Å². The van der Waals surface area contributed by atoms with Crippen molar-refractivity contribution in [3.63, 3.8) is 0 Å². The summed E-state index contributed by atoms with van der Waals surface area (Å²) in [4.78, 5) is 12.4. The molecule has 0 bridgehead atoms. The monoisotopic (exact) mass is 463 g/mol. The van der Waals surface area contributed by atoms with Crippen molar-refractivity contribution in [1.82, 2.24) is 9.78 Å². The first-order valence-electron chi connectivity index (χ1n) is 8.76. The number of carbonyl (C=O) groups is 1. The van der Waals surface area contributed by atoms with E-state index in [1.54, 1.807) is 6.07 Å². The van der Waals surface area contributed by atoms with Gasteiger partial charge in [0, 0.05) is 30.0 Å². The van der Waals surface area contributed by atoms with Crippen LogP contribution in [0.4, 0.5) is 32.0 Å². The molecule has 172 valence electrons. The Hall–Kier alpha value is -3.64. The van der Waals surface area contributed by atoms with Crippen LogP contribution in [0.5, 0.6) is 11.5 Å². The van der Waals surface area contributed by atoms with Crippen molar-refractivity contribution in [2.45, 2.75) is 18.9 Å². The third-order valence-electron chi connectivity index (χ3n) is 4.16. The van der Waals surface area contributed by atoms with Crippen molar-refractivity contribution in [1.29, 1.82) is 0 Å². The molecule has 13 heteroatoms. The van der Waals surface area contributed by atoms with E-state index in [0.717, 1.165) is 6.07 Å². The molecule has 2 aromatic heterocycles. The number of carbonyl (C=O) groups excluding carboxylic acids is 1. The SMILES string of the molecule is COc1cc(NC(=O)c2ccc(Cn3nc(C(F)(F)F)cc3C(F)(F)F)o2)cc(OC)c1. The summed E-state index contributed by atoms with van der Waals surface area (Å²) in [7, 11) is 2.82. The molecule has 0 aliphatic heterocycles. The van der Waals surface area contributed by atoms with E-state index in [1.165, 1.54) is 32.4 Å². The quantitative estimate of drug-likeness (QED) is 0.530. The van der Waals surface area contributed by atoms with Gasteiger partial charge < -0.3 is 19.2 Å². The maximum absolute atomic E-state index is 13.1. The average molecular weight is 463 g/mol. The summed E-state index contributed by atoms with van der Waals surface area (Å²) in [6.07, 6.45) is -10.1. The summed E-state index contributed by atoms with van der Waals surface area (Å²) in [6.45, 7) is -0.773. The Morgan fingerprint density at radius 2 is 1.62 bits per heavy atom. The van der Waals surface area contributed by atoms with E-state index in [2.05, 4.69) is 10.4 Å². The van der Waals surface area contributed by atoms with Gasteiger partial charge in [0.15, 0.2) is 11.5 Å². The molecule has 0 aliphatic carbocycles. The number of hydrogen-bond acceptors (Lipinski definition) is 5. The number of anilines is 1. The lowest BCUT2D eigenvalue weighted by Crippen LogP contribution is -2.15. The fraction of sp³-hybridized carbons (Fsp3) is 0.263. The van der Waals surface area contributed by atoms with Crippen molar-refractivity contribution in [2.24, 2.45) is 0 Å². The highest BCUT2D eigenvalue weighted by Crippen LogP contribution is 2.35. The van der Waals surface area contributed by atoms with Crippen LogP contribution in [0.15, 0.2) is 40.8 Å². The zero-order chi connectivity index (χ0) is 23.7. The lowest BCUT2D eigenvalue weighted by atomic mass is 10.2. The Labute approximate surface area is 176 Å². The van der Waals surface area contributed by atoms with Crippen LogP contribution in [0.3, 0.4) is 0 Å². The highest BCUT2D eigenvalue weighted by molar-refractivity contribution is 6.02. The lowest BCUT2D eigenvalue weighted by Gasteiger charge is -2.09. The van der Waals surface area contributed by atoms with Crippen LogP contribution >= 0.6 is 0 Å². The second-order valence-electron chi connectivity index (χ2n) is 6.39. The zero-order valence-corrected chi connectivity index (χ0v) is 16.5. The molecule has 1 aromatic carbocycles. The molecule has 0 unspecified atom stereocenters. The van der Waals surface area contributed by atoms with E-state index < -0.39 is 36.2 Å². The summed E-state index contributed by atoms with van der Waals surface area (Å²) >= 11 is 0. The number of amides is 1. The Balaban J connectivity index is 1.81. The number of nitrogens with zero attached hydrogens (tertiary/aromatic N) is 2. The third-order valence-corrected chi connectivity index (χ3v) is 4.16. The van der Waals surface area contributed by atoms with Crippen molar-refractivity contribution in [2.75, 3.05) is 19.5 Å². The van der Waals surface area contributed by atoms with Crippen LogP contribution in [0.25, 0.3) is 0 Å². The van der Waals surface area contributed by atoms with Crippen LogP contribution in [0.1, 0.15) is 27.7 Å². The van der Waals surface area contributed by atoms with E-state index in [4.69, 9.17) is 13.9 Å². The van der Waals surface area contributed by atoms with Gasteiger partial charge in [-0.05, 0) is 12.1 Å². The van der Waals surface area contributed by atoms with Crippen molar-refractivity contribution in [3.8, 4) is 11.5 Å². The van der Waals surface area contributed by atoms with E-state index in [-0.39, 0.29) is 28.0 Å². The molecule has 0 saturated heterocycles. The van der Waals surface area contributed by atoms with E-state index >= 15 is 0 Å². The molecule has 3 rings (SSSR count). The summed E-state index contributed by atoms with van der Waals surface area (Å²) in [5.41, 5.74) is -3.01. The standard InChI is InChI=1S/C19H15F6N3O4/c1-30-12-5-10(6-13(7-12)31-2)26-17(29)14-4-3-11(32-14)9-28-16(19(23,24)25)8-15(27-28)18(20,21)22/h3-8H,9H2,1-2H3,(H,26,29). The summed E-state index contributed by atoms with van der Waals surface area (Å²) in [5, 5.41) is 5.49. The number of hydrogen-bond donors (Lipinski definition) is 1. The fourth-order valence-electron chi connectivity index (χ4n) is 2.71. The number of nitrogens with one attached hydrogen (secondary N) is 1. The second kappa shape index (κ2) is 8.48. The third kappa shape index (κ3) is 5.15. The Kier molecular flexibility index (Phi) is 6.10. The highest BCUT2D eigenvalue weighted by atomic mass is 19.4. The second-order valence-corrected chi connectivity index (χ2v) is 6.39. The Morgan fingerprint density at radius 1 is 1.00 bits per heavy atom. The molecule has 0 saturated carbocycles. The van der Waals surface area contributed by atoms with Crippen LogP contribution in [-0.4, -0.2) is 29.9 Å². The number of alkyl halides is 6. The summed E-state index contributed by atoms with van der Waals surface area (Å²) in [6, 6.07) is 6.79. The van der Waals surface area contributed by atoms with Gasteiger partial charge in [0.05, 0.1) is 20.8 Å². The van der Waals surface area contributed by atoms with Gasteiger partial charge in [0.2, 0.25) is 0 Å². The zero-order valence-electron chi connectivity index (χ0n) is 16.5.